The highest BCUT2D eigenvalue weighted by Crippen LogP contribution is 2.28. The molecule has 1 fully saturated rings. The van der Waals surface area contributed by atoms with Crippen molar-refractivity contribution >= 4 is 23.6 Å². The number of nitrogens with two attached hydrogens (primary N) is 1. The molecule has 104 valence electrons. The molecule has 6 heteroatoms. The van der Waals surface area contributed by atoms with Crippen molar-refractivity contribution in [3.63, 3.8) is 0 Å². The second-order valence-corrected chi connectivity index (χ2v) is 6.42. The average molecular weight is 274 g/mol. The molecule has 0 aliphatic carbocycles. The first kappa shape index (κ1) is 15.3. The van der Waals surface area contributed by atoms with E-state index >= 15 is 0 Å². The summed E-state index contributed by atoms with van der Waals surface area (Å²) in [5, 5.41) is 9.02. The van der Waals surface area contributed by atoms with Crippen LogP contribution < -0.4 is 5.73 Å². The van der Waals surface area contributed by atoms with Crippen molar-refractivity contribution in [1.29, 1.82) is 0 Å². The summed E-state index contributed by atoms with van der Waals surface area (Å²) in [7, 11) is 0. The van der Waals surface area contributed by atoms with Gasteiger partial charge >= 0.3 is 5.97 Å². The van der Waals surface area contributed by atoms with Gasteiger partial charge in [-0.05, 0) is 24.8 Å². The minimum absolute atomic E-state index is 0.0377. The summed E-state index contributed by atoms with van der Waals surface area (Å²) >= 11 is 1.49. The standard InChI is InChI=1S/C12H22N2O3S/c1-12(2,5-6-13)4-3-10(15)14-8-18-7-9(14)11(16)17/h9H,3-8,13H2,1-2H3,(H,16,17). The Kier molecular flexibility index (Phi) is 5.47. The molecule has 0 radical (unpaired) electrons. The molecule has 1 aliphatic rings. The van der Waals surface area contributed by atoms with Gasteiger partial charge < -0.3 is 15.7 Å². The van der Waals surface area contributed by atoms with Crippen molar-refractivity contribution in [2.24, 2.45) is 11.1 Å². The maximum atomic E-state index is 12.0. The maximum Gasteiger partial charge on any atom is 0.327 e. The van der Waals surface area contributed by atoms with Gasteiger partial charge in [0.15, 0.2) is 0 Å². The number of thioether (sulfide) groups is 1. The molecule has 3 N–H and O–H groups in total. The lowest BCUT2D eigenvalue weighted by atomic mass is 9.84. The lowest BCUT2D eigenvalue weighted by molar-refractivity contribution is -0.147. The minimum atomic E-state index is -0.908. The van der Waals surface area contributed by atoms with Gasteiger partial charge in [0.05, 0.1) is 5.88 Å². The van der Waals surface area contributed by atoms with Gasteiger partial charge in [-0.2, -0.15) is 0 Å². The number of carbonyl (C=O) groups excluding carboxylic acids is 1. The fraction of sp³-hybridized carbons (Fsp3) is 0.833. The molecule has 1 heterocycles. The number of hydrogen-bond donors (Lipinski definition) is 2. The van der Waals surface area contributed by atoms with E-state index in [1.54, 1.807) is 0 Å². The summed E-state index contributed by atoms with van der Waals surface area (Å²) in [6, 6.07) is -0.653. The first-order chi connectivity index (χ1) is 8.37. The van der Waals surface area contributed by atoms with Crippen LogP contribution in [0, 0.1) is 5.41 Å². The molecule has 0 bridgehead atoms. The zero-order chi connectivity index (χ0) is 13.8. The highest BCUT2D eigenvalue weighted by atomic mass is 32.2. The van der Waals surface area contributed by atoms with Crippen LogP contribution in [0.25, 0.3) is 0 Å². The third kappa shape index (κ3) is 4.17. The van der Waals surface area contributed by atoms with E-state index in [0.29, 0.717) is 24.6 Å². The molecular weight excluding hydrogens is 252 g/mol. The first-order valence-corrected chi connectivity index (χ1v) is 7.33. The van der Waals surface area contributed by atoms with Crippen molar-refractivity contribution in [2.45, 2.75) is 39.2 Å². The summed E-state index contributed by atoms with van der Waals surface area (Å²) < 4.78 is 0. The molecule has 1 saturated heterocycles. The van der Waals surface area contributed by atoms with Gasteiger partial charge in [-0.25, -0.2) is 4.79 Å². The maximum absolute atomic E-state index is 12.0. The van der Waals surface area contributed by atoms with Crippen molar-refractivity contribution in [3.8, 4) is 0 Å². The van der Waals surface area contributed by atoms with Crippen LogP contribution in [0.1, 0.15) is 33.1 Å². The first-order valence-electron chi connectivity index (χ1n) is 6.17. The van der Waals surface area contributed by atoms with E-state index in [0.717, 1.165) is 12.8 Å². The molecule has 18 heavy (non-hydrogen) atoms. The van der Waals surface area contributed by atoms with Gasteiger partial charge in [0.1, 0.15) is 6.04 Å². The van der Waals surface area contributed by atoms with Gasteiger partial charge in [-0.3, -0.25) is 4.79 Å². The molecule has 1 amide bonds. The van der Waals surface area contributed by atoms with Crippen LogP contribution in [-0.2, 0) is 9.59 Å². The Bertz CT molecular complexity index is 320. The van der Waals surface area contributed by atoms with Crippen LogP contribution in [-0.4, -0.2) is 46.1 Å². The Hall–Kier alpha value is -0.750. The van der Waals surface area contributed by atoms with Crippen LogP contribution in [0.4, 0.5) is 0 Å². The van der Waals surface area contributed by atoms with Gasteiger partial charge in [-0.15, -0.1) is 11.8 Å². The summed E-state index contributed by atoms with van der Waals surface area (Å²) in [5.74, 6) is 0.0208. The lowest BCUT2D eigenvalue weighted by Gasteiger charge is -2.26. The molecule has 1 atom stereocenters. The highest BCUT2D eigenvalue weighted by molar-refractivity contribution is 7.99. The minimum Gasteiger partial charge on any atom is -0.480 e. The van der Waals surface area contributed by atoms with Crippen LogP contribution in [0.5, 0.6) is 0 Å². The zero-order valence-electron chi connectivity index (χ0n) is 11.0. The number of nitrogens with zero attached hydrogens (tertiary/aromatic N) is 1. The predicted octanol–water partition coefficient (Wildman–Crippen LogP) is 1.13. The molecule has 0 aromatic carbocycles. The van der Waals surface area contributed by atoms with Gasteiger partial charge in [0.25, 0.3) is 0 Å². The van der Waals surface area contributed by atoms with Gasteiger partial charge in [-0.1, -0.05) is 13.8 Å². The van der Waals surface area contributed by atoms with E-state index in [4.69, 9.17) is 10.8 Å². The molecule has 1 unspecified atom stereocenters. The SMILES string of the molecule is CC(C)(CCN)CCC(=O)N1CSCC1C(=O)O. The number of carboxylic acids is 1. The van der Waals surface area contributed by atoms with E-state index in [2.05, 4.69) is 13.8 Å². The van der Waals surface area contributed by atoms with E-state index in [9.17, 15) is 9.59 Å². The van der Waals surface area contributed by atoms with Crippen LogP contribution in [0.2, 0.25) is 0 Å². The number of aliphatic carboxylic acids is 1. The average Bonchev–Trinajstić information content (AvgIpc) is 2.74. The van der Waals surface area contributed by atoms with Crippen LogP contribution >= 0.6 is 11.8 Å². The summed E-state index contributed by atoms with van der Waals surface area (Å²) in [4.78, 5) is 24.5. The Morgan fingerprint density at radius 3 is 2.67 bits per heavy atom. The fourth-order valence-corrected chi connectivity index (χ4v) is 3.17. The zero-order valence-corrected chi connectivity index (χ0v) is 11.8. The second kappa shape index (κ2) is 6.43. The third-order valence-electron chi connectivity index (χ3n) is 3.32. The summed E-state index contributed by atoms with van der Waals surface area (Å²) in [5.41, 5.74) is 5.57. The normalized spacial score (nSPS) is 20.2. The summed E-state index contributed by atoms with van der Waals surface area (Å²) in [6.07, 6.45) is 2.02. The van der Waals surface area contributed by atoms with E-state index < -0.39 is 12.0 Å². The molecule has 0 aromatic rings. The van der Waals surface area contributed by atoms with Crippen molar-refractivity contribution in [3.05, 3.63) is 0 Å². The molecule has 1 aliphatic heterocycles. The molecule has 5 nitrogen and oxygen atoms in total. The van der Waals surface area contributed by atoms with Gasteiger partial charge in [0.2, 0.25) is 5.91 Å². The number of hydrogen-bond acceptors (Lipinski definition) is 4. The van der Waals surface area contributed by atoms with E-state index in [1.165, 1.54) is 16.7 Å². The number of amides is 1. The molecular formula is C12H22N2O3S. The van der Waals surface area contributed by atoms with Gasteiger partial charge in [0, 0.05) is 12.2 Å². The van der Waals surface area contributed by atoms with E-state index in [1.807, 2.05) is 0 Å². The number of rotatable bonds is 6. The fourth-order valence-electron chi connectivity index (χ4n) is 2.00. The Morgan fingerprint density at radius 2 is 2.11 bits per heavy atom. The molecule has 0 saturated carbocycles. The Labute approximate surface area is 112 Å². The van der Waals surface area contributed by atoms with Crippen molar-refractivity contribution < 1.29 is 14.7 Å². The van der Waals surface area contributed by atoms with Crippen LogP contribution in [0.15, 0.2) is 0 Å². The van der Waals surface area contributed by atoms with Crippen molar-refractivity contribution in [1.82, 2.24) is 4.90 Å². The van der Waals surface area contributed by atoms with Crippen molar-refractivity contribution in [2.75, 3.05) is 18.2 Å². The Balaban J connectivity index is 2.48. The predicted molar refractivity (Wildman–Crippen MR) is 72.3 cm³/mol. The van der Waals surface area contributed by atoms with Crippen LogP contribution in [0.3, 0.4) is 0 Å². The van der Waals surface area contributed by atoms with E-state index in [-0.39, 0.29) is 11.3 Å². The lowest BCUT2D eigenvalue weighted by Crippen LogP contribution is -2.42. The summed E-state index contributed by atoms with van der Waals surface area (Å²) in [6.45, 7) is 4.78. The molecule has 0 aromatic heterocycles. The Morgan fingerprint density at radius 1 is 1.44 bits per heavy atom. The largest absolute Gasteiger partial charge is 0.480 e. The topological polar surface area (TPSA) is 83.6 Å². The monoisotopic (exact) mass is 274 g/mol. The smallest absolute Gasteiger partial charge is 0.327 e. The second-order valence-electron chi connectivity index (χ2n) is 5.42. The third-order valence-corrected chi connectivity index (χ3v) is 4.34. The highest BCUT2D eigenvalue weighted by Gasteiger charge is 2.34. The number of carbonyl (C=O) groups is 2. The number of carboxylic acid groups (broad SMARTS) is 1. The quantitative estimate of drug-likeness (QED) is 0.758. The molecule has 0 spiro atoms. The molecule has 1 rings (SSSR count).